The molecular weight excluding hydrogens is 252 g/mol. The van der Waals surface area contributed by atoms with Crippen molar-refractivity contribution < 1.29 is 14.4 Å². The van der Waals surface area contributed by atoms with Crippen molar-refractivity contribution in [1.82, 2.24) is 4.98 Å². The van der Waals surface area contributed by atoms with Gasteiger partial charge in [-0.2, -0.15) is 0 Å². The van der Waals surface area contributed by atoms with Gasteiger partial charge in [-0.05, 0) is 19.9 Å². The standard InChI is InChI=1S/C16H20N2O2/c1-11-15(13-5-3-4-6-14(13)17-11)16(19)12(2)18-7-9-20-10-8-18/h3-6,12,17H,7-10H2,1-2H3/p+1/t12-/m0/s1. The largest absolute Gasteiger partial charge is 0.370 e. The maximum atomic E-state index is 12.9. The minimum absolute atomic E-state index is 0.0168. The number of hydrogen-bond acceptors (Lipinski definition) is 2. The number of ether oxygens (including phenoxy) is 1. The third-order valence-corrected chi connectivity index (χ3v) is 4.28. The highest BCUT2D eigenvalue weighted by Gasteiger charge is 2.30. The van der Waals surface area contributed by atoms with Gasteiger partial charge in [0.05, 0.1) is 18.8 Å². The van der Waals surface area contributed by atoms with E-state index < -0.39 is 0 Å². The molecule has 1 saturated heterocycles. The molecule has 1 atom stereocenters. The molecule has 3 rings (SSSR count). The second kappa shape index (κ2) is 5.38. The Kier molecular flexibility index (Phi) is 3.59. The minimum Gasteiger partial charge on any atom is -0.370 e. The lowest BCUT2D eigenvalue weighted by molar-refractivity contribution is -0.921. The number of carbonyl (C=O) groups is 1. The summed E-state index contributed by atoms with van der Waals surface area (Å²) in [5.74, 6) is 0.233. The summed E-state index contributed by atoms with van der Waals surface area (Å²) in [7, 11) is 0. The summed E-state index contributed by atoms with van der Waals surface area (Å²) in [6, 6.07) is 8.00. The number of aromatic nitrogens is 1. The van der Waals surface area contributed by atoms with E-state index in [1.807, 2.05) is 38.1 Å². The fourth-order valence-electron chi connectivity index (χ4n) is 3.06. The van der Waals surface area contributed by atoms with Gasteiger partial charge in [-0.15, -0.1) is 0 Å². The molecule has 0 radical (unpaired) electrons. The summed E-state index contributed by atoms with van der Waals surface area (Å²) in [5.41, 5.74) is 2.86. The summed E-state index contributed by atoms with van der Waals surface area (Å²) in [6.07, 6.45) is 0. The van der Waals surface area contributed by atoms with Gasteiger partial charge in [-0.1, -0.05) is 18.2 Å². The average Bonchev–Trinajstić information content (AvgIpc) is 2.82. The van der Waals surface area contributed by atoms with E-state index in [4.69, 9.17) is 4.74 Å². The monoisotopic (exact) mass is 273 g/mol. The van der Waals surface area contributed by atoms with Gasteiger partial charge in [0.25, 0.3) is 0 Å². The second-order valence-corrected chi connectivity index (χ2v) is 5.53. The Labute approximate surface area is 118 Å². The van der Waals surface area contributed by atoms with Crippen molar-refractivity contribution in [2.45, 2.75) is 19.9 Å². The van der Waals surface area contributed by atoms with Gasteiger partial charge >= 0.3 is 0 Å². The first-order valence-corrected chi connectivity index (χ1v) is 7.22. The minimum atomic E-state index is -0.0168. The van der Waals surface area contributed by atoms with Crippen molar-refractivity contribution in [3.8, 4) is 0 Å². The summed E-state index contributed by atoms with van der Waals surface area (Å²) in [5, 5.41) is 1.04. The molecule has 1 aromatic heterocycles. The number of fused-ring (bicyclic) bond motifs is 1. The summed E-state index contributed by atoms with van der Waals surface area (Å²) in [4.78, 5) is 17.5. The SMILES string of the molecule is Cc1[nH]c2ccccc2c1C(=O)[C@H](C)[NH+]1CCOCC1. The number of rotatable bonds is 3. The van der Waals surface area contributed by atoms with Crippen LogP contribution < -0.4 is 4.90 Å². The quantitative estimate of drug-likeness (QED) is 0.818. The molecule has 1 aliphatic rings. The van der Waals surface area contributed by atoms with Crippen molar-refractivity contribution in [3.05, 3.63) is 35.5 Å². The van der Waals surface area contributed by atoms with Gasteiger partial charge in [0.2, 0.25) is 5.78 Å². The molecule has 1 aliphatic heterocycles. The Bertz CT molecular complexity index is 626. The lowest BCUT2D eigenvalue weighted by atomic mass is 10.0. The number of Topliss-reactive ketones (excluding diaryl/α,β-unsaturated/α-hetero) is 1. The van der Waals surface area contributed by atoms with Crippen molar-refractivity contribution in [2.75, 3.05) is 26.3 Å². The van der Waals surface area contributed by atoms with E-state index in [1.54, 1.807) is 0 Å². The van der Waals surface area contributed by atoms with Gasteiger partial charge in [0.15, 0.2) is 0 Å². The van der Waals surface area contributed by atoms with Gasteiger partial charge < -0.3 is 14.6 Å². The maximum Gasteiger partial charge on any atom is 0.222 e. The van der Waals surface area contributed by atoms with Crippen LogP contribution in [0.4, 0.5) is 0 Å². The van der Waals surface area contributed by atoms with Gasteiger partial charge in [0.1, 0.15) is 19.1 Å². The number of para-hydroxylation sites is 1. The fraction of sp³-hybridized carbons (Fsp3) is 0.438. The predicted octanol–water partition coefficient (Wildman–Crippen LogP) is 0.963. The molecule has 1 aromatic carbocycles. The van der Waals surface area contributed by atoms with E-state index in [0.29, 0.717) is 0 Å². The highest BCUT2D eigenvalue weighted by atomic mass is 16.5. The van der Waals surface area contributed by atoms with Crippen molar-refractivity contribution in [3.63, 3.8) is 0 Å². The number of nitrogens with one attached hydrogen (secondary N) is 2. The van der Waals surface area contributed by atoms with E-state index in [9.17, 15) is 4.79 Å². The molecule has 2 aromatic rings. The lowest BCUT2D eigenvalue weighted by Gasteiger charge is -2.28. The van der Waals surface area contributed by atoms with Crippen molar-refractivity contribution in [1.29, 1.82) is 0 Å². The number of aromatic amines is 1. The molecule has 20 heavy (non-hydrogen) atoms. The number of carbonyl (C=O) groups excluding carboxylic acids is 1. The molecule has 0 amide bonds. The normalized spacial score (nSPS) is 18.3. The molecule has 0 saturated carbocycles. The first-order chi connectivity index (χ1) is 9.68. The van der Waals surface area contributed by atoms with Crippen LogP contribution in [0.2, 0.25) is 0 Å². The Hall–Kier alpha value is -1.65. The molecule has 0 unspecified atom stereocenters. The molecule has 4 heteroatoms. The smallest absolute Gasteiger partial charge is 0.222 e. The number of quaternary nitrogens is 1. The summed E-state index contributed by atoms with van der Waals surface area (Å²) in [6.45, 7) is 7.33. The maximum absolute atomic E-state index is 12.9. The van der Waals surface area contributed by atoms with Gasteiger partial charge in [-0.3, -0.25) is 4.79 Å². The fourth-order valence-corrected chi connectivity index (χ4v) is 3.06. The number of morpholine rings is 1. The van der Waals surface area contributed by atoms with Crippen LogP contribution in [-0.2, 0) is 4.74 Å². The van der Waals surface area contributed by atoms with Crippen LogP contribution in [0.3, 0.4) is 0 Å². The first kappa shape index (κ1) is 13.3. The molecule has 2 heterocycles. The summed E-state index contributed by atoms with van der Waals surface area (Å²) >= 11 is 0. The van der Waals surface area contributed by atoms with E-state index >= 15 is 0 Å². The Balaban J connectivity index is 1.93. The van der Waals surface area contributed by atoms with Crippen LogP contribution in [0.15, 0.2) is 24.3 Å². The van der Waals surface area contributed by atoms with Crippen LogP contribution in [0.5, 0.6) is 0 Å². The van der Waals surface area contributed by atoms with E-state index in [2.05, 4.69) is 4.98 Å². The molecule has 0 aliphatic carbocycles. The van der Waals surface area contributed by atoms with Gasteiger partial charge in [-0.25, -0.2) is 0 Å². The Morgan fingerprint density at radius 2 is 2.00 bits per heavy atom. The number of aryl methyl sites for hydroxylation is 1. The predicted molar refractivity (Wildman–Crippen MR) is 78.3 cm³/mol. The van der Waals surface area contributed by atoms with Crippen LogP contribution in [0.1, 0.15) is 23.0 Å². The highest BCUT2D eigenvalue weighted by Crippen LogP contribution is 2.22. The lowest BCUT2D eigenvalue weighted by Crippen LogP contribution is -3.18. The number of benzene rings is 1. The molecule has 4 nitrogen and oxygen atoms in total. The van der Waals surface area contributed by atoms with Crippen LogP contribution in [0.25, 0.3) is 10.9 Å². The zero-order valence-corrected chi connectivity index (χ0v) is 12.0. The zero-order valence-electron chi connectivity index (χ0n) is 12.0. The topological polar surface area (TPSA) is 46.5 Å². The molecule has 0 spiro atoms. The number of ketones is 1. The third kappa shape index (κ3) is 2.25. The van der Waals surface area contributed by atoms with Crippen molar-refractivity contribution >= 4 is 16.7 Å². The van der Waals surface area contributed by atoms with Gasteiger partial charge in [0, 0.05) is 16.6 Å². The zero-order chi connectivity index (χ0) is 14.1. The molecule has 2 N–H and O–H groups in total. The molecular formula is C16H21N2O2+. The van der Waals surface area contributed by atoms with Crippen LogP contribution >= 0.6 is 0 Å². The van der Waals surface area contributed by atoms with Crippen LogP contribution in [0, 0.1) is 6.92 Å². The number of H-pyrrole nitrogens is 1. The average molecular weight is 273 g/mol. The van der Waals surface area contributed by atoms with Crippen LogP contribution in [-0.4, -0.2) is 43.1 Å². The second-order valence-electron chi connectivity index (χ2n) is 5.53. The van der Waals surface area contributed by atoms with E-state index in [0.717, 1.165) is 48.5 Å². The summed E-state index contributed by atoms with van der Waals surface area (Å²) < 4.78 is 5.38. The van der Waals surface area contributed by atoms with E-state index in [1.165, 1.54) is 4.90 Å². The molecule has 0 bridgehead atoms. The highest BCUT2D eigenvalue weighted by molar-refractivity contribution is 6.10. The third-order valence-electron chi connectivity index (χ3n) is 4.28. The van der Waals surface area contributed by atoms with Crippen molar-refractivity contribution in [2.24, 2.45) is 0 Å². The Morgan fingerprint density at radius 3 is 2.75 bits per heavy atom. The molecule has 106 valence electrons. The molecule has 1 fully saturated rings. The number of hydrogen-bond donors (Lipinski definition) is 2. The van der Waals surface area contributed by atoms with E-state index in [-0.39, 0.29) is 11.8 Å². The Morgan fingerprint density at radius 1 is 1.30 bits per heavy atom. The first-order valence-electron chi connectivity index (χ1n) is 7.22.